The van der Waals surface area contributed by atoms with E-state index in [9.17, 15) is 29.3 Å². The number of phenolic OH excluding ortho intramolecular Hbond substituents is 1. The number of aromatic hydroxyl groups is 1. The summed E-state index contributed by atoms with van der Waals surface area (Å²) in [6.07, 6.45) is 2.42. The van der Waals surface area contributed by atoms with Crippen molar-refractivity contribution < 1.29 is 33.7 Å². The minimum atomic E-state index is -3.01. The maximum Gasteiger partial charge on any atom is 0.261 e. The molecule has 0 aromatic heterocycles. The first-order valence-electron chi connectivity index (χ1n) is 17.6. The Bertz CT molecular complexity index is 1700. The molecule has 1 heterocycles. The zero-order valence-electron chi connectivity index (χ0n) is 29.7. The minimum Gasteiger partial charge on any atom is -0.505 e. The first kappa shape index (κ1) is 37.4. The fraction of sp³-hybridized carbons (Fsp3) is 0.415. The first-order valence-corrected chi connectivity index (χ1v) is 19.5. The molecule has 1 aliphatic carbocycles. The van der Waals surface area contributed by atoms with Crippen LogP contribution in [0, 0.1) is 23.6 Å². The Morgan fingerprint density at radius 2 is 1.64 bits per heavy atom. The van der Waals surface area contributed by atoms with E-state index in [2.05, 4.69) is 45.0 Å². The quantitative estimate of drug-likeness (QED) is 0.115. The highest BCUT2D eigenvalue weighted by atomic mass is 28.4. The molecule has 1 saturated heterocycles. The van der Waals surface area contributed by atoms with Gasteiger partial charge in [-0.3, -0.25) is 14.5 Å². The van der Waals surface area contributed by atoms with Crippen LogP contribution in [0.1, 0.15) is 65.9 Å². The van der Waals surface area contributed by atoms with Crippen molar-refractivity contribution in [1.29, 1.82) is 0 Å². The van der Waals surface area contributed by atoms with E-state index in [4.69, 9.17) is 4.43 Å². The van der Waals surface area contributed by atoms with Gasteiger partial charge in [0, 0.05) is 12.5 Å². The summed E-state index contributed by atoms with van der Waals surface area (Å²) < 4.78 is 21.3. The lowest BCUT2D eigenvalue weighted by molar-refractivity contribution is -0.140. The maximum absolute atomic E-state index is 14.0. The van der Waals surface area contributed by atoms with Crippen LogP contribution in [0.3, 0.4) is 0 Å². The molecule has 2 amide bonds. The number of benzene rings is 3. The van der Waals surface area contributed by atoms with Crippen LogP contribution >= 0.6 is 0 Å². The van der Waals surface area contributed by atoms with Gasteiger partial charge >= 0.3 is 0 Å². The average molecular weight is 700 g/mol. The van der Waals surface area contributed by atoms with E-state index >= 15 is 0 Å². The molecule has 266 valence electrons. The second kappa shape index (κ2) is 15.6. The molecule has 50 heavy (non-hydrogen) atoms. The van der Waals surface area contributed by atoms with Crippen LogP contribution in [0.5, 0.6) is 5.75 Å². The van der Waals surface area contributed by atoms with Crippen LogP contribution in [0.2, 0.25) is 5.04 Å². The minimum absolute atomic E-state index is 0.135. The van der Waals surface area contributed by atoms with Crippen LogP contribution in [0.4, 0.5) is 4.39 Å². The molecule has 2 aliphatic rings. The SMILES string of the molecule is CCCN1C(=O)[C@@H]2[C@@H](CC(CO[Si](c3ccccc3)(c3ccccc3)C(C)(C)C)=C([C@H](O)CC/C(C)=C/c3ccc(O)c(F)c3)[C@@H]2CO)C1=O. The van der Waals surface area contributed by atoms with Crippen molar-refractivity contribution in [2.75, 3.05) is 19.8 Å². The lowest BCUT2D eigenvalue weighted by atomic mass is 9.68. The Kier molecular flexibility index (Phi) is 11.6. The van der Waals surface area contributed by atoms with Gasteiger partial charge < -0.3 is 19.7 Å². The number of hydrogen-bond donors (Lipinski definition) is 3. The number of carbonyl (C=O) groups is 2. The highest BCUT2D eigenvalue weighted by molar-refractivity contribution is 6.99. The van der Waals surface area contributed by atoms with E-state index in [0.29, 0.717) is 30.5 Å². The number of amides is 2. The van der Waals surface area contributed by atoms with E-state index in [1.807, 2.05) is 50.2 Å². The van der Waals surface area contributed by atoms with Crippen LogP contribution in [0.25, 0.3) is 6.08 Å². The van der Waals surface area contributed by atoms with Crippen molar-refractivity contribution in [3.05, 3.63) is 107 Å². The highest BCUT2D eigenvalue weighted by Gasteiger charge is 2.55. The standard InChI is InChI=1S/C41H50FNO6Si/c1-6-21-43-39(47)32-24-29(26-49-50(41(3,4)5,30-13-9-7-10-14-30)31-15-11-8-12-16-31)37(33(25-44)38(32)40(43)48)36(46)19-17-27(2)22-28-18-20-35(45)34(42)23-28/h7-16,18,20,22-23,32-33,36,38,44-46H,6,17,19,21,24-26H2,1-5H3/b27-22+/t32-,33+,36-,38-/m1/s1. The van der Waals surface area contributed by atoms with Crippen molar-refractivity contribution in [3.8, 4) is 5.75 Å². The smallest absolute Gasteiger partial charge is 0.261 e. The zero-order chi connectivity index (χ0) is 36.2. The van der Waals surface area contributed by atoms with Gasteiger partial charge in [0.05, 0.1) is 31.2 Å². The molecule has 0 saturated carbocycles. The molecule has 0 unspecified atom stereocenters. The van der Waals surface area contributed by atoms with Gasteiger partial charge in [0.1, 0.15) is 0 Å². The summed E-state index contributed by atoms with van der Waals surface area (Å²) in [5.41, 5.74) is 2.81. The lowest BCUT2D eigenvalue weighted by Crippen LogP contribution is -2.66. The molecular formula is C41H50FNO6Si. The molecule has 3 aromatic rings. The second-order valence-corrected chi connectivity index (χ2v) is 19.0. The number of nitrogens with zero attached hydrogens (tertiary/aromatic N) is 1. The van der Waals surface area contributed by atoms with Gasteiger partial charge in [-0.2, -0.15) is 0 Å². The van der Waals surface area contributed by atoms with Crippen LogP contribution in [-0.4, -0.2) is 66.2 Å². The topological polar surface area (TPSA) is 107 Å². The summed E-state index contributed by atoms with van der Waals surface area (Å²) in [4.78, 5) is 28.8. The van der Waals surface area contributed by atoms with E-state index in [-0.39, 0.29) is 36.3 Å². The van der Waals surface area contributed by atoms with Crippen LogP contribution in [0.15, 0.2) is 95.6 Å². The van der Waals surface area contributed by atoms with E-state index in [0.717, 1.165) is 21.5 Å². The number of aliphatic hydroxyl groups is 2. The number of likely N-dealkylation sites (tertiary alicyclic amines) is 1. The summed E-state index contributed by atoms with van der Waals surface area (Å²) in [6.45, 7) is 10.4. The molecule has 1 aliphatic heterocycles. The number of aliphatic hydroxyl groups excluding tert-OH is 2. The summed E-state index contributed by atoms with van der Waals surface area (Å²) >= 11 is 0. The fourth-order valence-corrected chi connectivity index (χ4v) is 12.6. The van der Waals surface area contributed by atoms with E-state index in [1.165, 1.54) is 17.0 Å². The van der Waals surface area contributed by atoms with Crippen molar-refractivity contribution in [2.24, 2.45) is 17.8 Å². The summed E-state index contributed by atoms with van der Waals surface area (Å²) in [5, 5.41) is 34.3. The van der Waals surface area contributed by atoms with Gasteiger partial charge in [-0.1, -0.05) is 106 Å². The molecule has 0 bridgehead atoms. The van der Waals surface area contributed by atoms with Gasteiger partial charge in [-0.15, -0.1) is 0 Å². The maximum atomic E-state index is 14.0. The summed E-state index contributed by atoms with van der Waals surface area (Å²) in [6, 6.07) is 24.7. The third-order valence-electron chi connectivity index (χ3n) is 10.4. The Morgan fingerprint density at radius 1 is 1.02 bits per heavy atom. The molecule has 7 nitrogen and oxygen atoms in total. The van der Waals surface area contributed by atoms with Gasteiger partial charge in [0.15, 0.2) is 11.6 Å². The molecule has 9 heteroatoms. The molecule has 5 rings (SSSR count). The number of rotatable bonds is 13. The second-order valence-electron chi connectivity index (χ2n) is 14.7. The Balaban J connectivity index is 1.56. The Labute approximate surface area is 296 Å². The van der Waals surface area contributed by atoms with Crippen molar-refractivity contribution in [2.45, 2.75) is 71.4 Å². The number of fused-ring (bicyclic) bond motifs is 1. The predicted octanol–water partition coefficient (Wildman–Crippen LogP) is 5.97. The zero-order valence-corrected chi connectivity index (χ0v) is 30.7. The van der Waals surface area contributed by atoms with E-state index in [1.54, 1.807) is 12.1 Å². The number of hydrogen-bond acceptors (Lipinski definition) is 6. The molecule has 3 N–H and O–H groups in total. The average Bonchev–Trinajstić information content (AvgIpc) is 3.33. The van der Waals surface area contributed by atoms with Crippen molar-refractivity contribution in [1.82, 2.24) is 4.90 Å². The number of allylic oxidation sites excluding steroid dienone is 1. The van der Waals surface area contributed by atoms with Crippen LogP contribution < -0.4 is 10.4 Å². The summed E-state index contributed by atoms with van der Waals surface area (Å²) in [7, 11) is -3.01. The third-order valence-corrected chi connectivity index (χ3v) is 15.3. The highest BCUT2D eigenvalue weighted by Crippen LogP contribution is 2.47. The summed E-state index contributed by atoms with van der Waals surface area (Å²) in [5.74, 6) is -3.77. The Morgan fingerprint density at radius 3 is 2.18 bits per heavy atom. The molecule has 0 spiro atoms. The fourth-order valence-electron chi connectivity index (χ4n) is 8.05. The molecule has 4 atom stereocenters. The van der Waals surface area contributed by atoms with E-state index < -0.39 is 50.3 Å². The molecule has 1 fully saturated rings. The molecular weight excluding hydrogens is 650 g/mol. The largest absolute Gasteiger partial charge is 0.505 e. The van der Waals surface area contributed by atoms with Gasteiger partial charge in [0.25, 0.3) is 8.32 Å². The van der Waals surface area contributed by atoms with Crippen molar-refractivity contribution >= 4 is 36.6 Å². The Hall–Kier alpha value is -3.89. The predicted molar refractivity (Wildman–Crippen MR) is 197 cm³/mol. The number of halogens is 1. The van der Waals surface area contributed by atoms with Crippen molar-refractivity contribution in [3.63, 3.8) is 0 Å². The number of carbonyl (C=O) groups excluding carboxylic acids is 2. The molecule has 3 aromatic carbocycles. The number of phenols is 1. The van der Waals surface area contributed by atoms with Crippen LogP contribution in [-0.2, 0) is 14.0 Å². The monoisotopic (exact) mass is 699 g/mol. The number of imide groups is 1. The molecule has 0 radical (unpaired) electrons. The van der Waals surface area contributed by atoms with Gasteiger partial charge in [-0.05, 0) is 76.9 Å². The third kappa shape index (κ3) is 7.28. The lowest BCUT2D eigenvalue weighted by Gasteiger charge is -2.44. The first-order chi connectivity index (χ1) is 23.8. The normalized spacial score (nSPS) is 20.8. The van der Waals surface area contributed by atoms with Gasteiger partial charge in [-0.25, -0.2) is 4.39 Å². The van der Waals surface area contributed by atoms with Gasteiger partial charge in [0.2, 0.25) is 11.8 Å².